The molecule has 0 bridgehead atoms. The molecule has 2 rings (SSSR count). The maximum absolute atomic E-state index is 10.8. The quantitative estimate of drug-likeness (QED) is 0.793. The molecule has 0 saturated heterocycles. The number of hydrogen-bond donors (Lipinski definition) is 2. The first kappa shape index (κ1) is 11.4. The molecular formula is C14H12O3. The fourth-order valence-electron chi connectivity index (χ4n) is 1.79. The van der Waals surface area contributed by atoms with E-state index >= 15 is 0 Å². The minimum atomic E-state index is -1.19. The second-order valence-corrected chi connectivity index (χ2v) is 3.80. The predicted molar refractivity (Wildman–Crippen MR) is 65.7 cm³/mol. The topological polar surface area (TPSA) is 57.5 Å². The number of benzene rings is 2. The lowest BCUT2D eigenvalue weighted by molar-refractivity contribution is -0.133. The Hall–Kier alpha value is -2.13. The van der Waals surface area contributed by atoms with Crippen molar-refractivity contribution < 1.29 is 15.0 Å². The van der Waals surface area contributed by atoms with Gasteiger partial charge in [-0.1, -0.05) is 49.0 Å². The van der Waals surface area contributed by atoms with Crippen molar-refractivity contribution in [3.63, 3.8) is 0 Å². The van der Waals surface area contributed by atoms with Gasteiger partial charge in [-0.15, -0.1) is 0 Å². The molecule has 0 radical (unpaired) electrons. The largest absolute Gasteiger partial charge is 0.478 e. The van der Waals surface area contributed by atoms with Crippen molar-refractivity contribution in [2.45, 2.75) is 6.10 Å². The average Bonchev–Trinajstić information content (AvgIpc) is 2.36. The number of fused-ring (bicyclic) bond motifs is 1. The van der Waals surface area contributed by atoms with Crippen molar-refractivity contribution in [1.82, 2.24) is 0 Å². The van der Waals surface area contributed by atoms with Gasteiger partial charge in [0.15, 0.2) is 0 Å². The molecule has 0 heterocycles. The lowest BCUT2D eigenvalue weighted by Gasteiger charge is -2.13. The summed E-state index contributed by atoms with van der Waals surface area (Å²) in [6.07, 6.45) is -1.18. The van der Waals surface area contributed by atoms with Crippen LogP contribution in [0, 0.1) is 0 Å². The molecule has 0 aliphatic rings. The van der Waals surface area contributed by atoms with E-state index in [1.165, 1.54) is 0 Å². The second kappa shape index (κ2) is 4.39. The molecule has 3 nitrogen and oxygen atoms in total. The number of aliphatic hydroxyl groups is 1. The summed E-state index contributed by atoms with van der Waals surface area (Å²) >= 11 is 0. The van der Waals surface area contributed by atoms with Crippen molar-refractivity contribution in [3.8, 4) is 0 Å². The third-order valence-electron chi connectivity index (χ3n) is 2.72. The van der Waals surface area contributed by atoms with Gasteiger partial charge in [0.1, 0.15) is 6.10 Å². The van der Waals surface area contributed by atoms with Gasteiger partial charge in [0, 0.05) is 0 Å². The van der Waals surface area contributed by atoms with Crippen LogP contribution in [0.4, 0.5) is 0 Å². The SMILES string of the molecule is C=C(C(=O)O)C(O)c1cccc2ccccc12. The molecular weight excluding hydrogens is 216 g/mol. The average molecular weight is 228 g/mol. The van der Waals surface area contributed by atoms with Gasteiger partial charge in [-0.05, 0) is 16.3 Å². The van der Waals surface area contributed by atoms with E-state index in [9.17, 15) is 9.90 Å². The third kappa shape index (κ3) is 2.05. The van der Waals surface area contributed by atoms with Crippen LogP contribution in [-0.2, 0) is 4.79 Å². The van der Waals surface area contributed by atoms with E-state index in [-0.39, 0.29) is 5.57 Å². The Labute approximate surface area is 98.6 Å². The lowest BCUT2D eigenvalue weighted by atomic mass is 9.96. The highest BCUT2D eigenvalue weighted by molar-refractivity contribution is 5.91. The zero-order valence-electron chi connectivity index (χ0n) is 9.13. The number of carboxylic acid groups (broad SMARTS) is 1. The first-order valence-corrected chi connectivity index (χ1v) is 5.19. The van der Waals surface area contributed by atoms with Crippen LogP contribution in [0.15, 0.2) is 54.6 Å². The normalized spacial score (nSPS) is 12.3. The van der Waals surface area contributed by atoms with Crippen molar-refractivity contribution in [2.75, 3.05) is 0 Å². The number of aliphatic carboxylic acids is 1. The molecule has 1 atom stereocenters. The maximum atomic E-state index is 10.8. The number of aliphatic hydroxyl groups excluding tert-OH is 1. The standard InChI is InChI=1S/C14H12O3/c1-9(14(16)17)13(15)12-8-4-6-10-5-2-3-7-11(10)12/h2-8,13,15H,1H2,(H,16,17). The Morgan fingerprint density at radius 1 is 1.12 bits per heavy atom. The zero-order chi connectivity index (χ0) is 12.4. The molecule has 2 aromatic carbocycles. The molecule has 17 heavy (non-hydrogen) atoms. The third-order valence-corrected chi connectivity index (χ3v) is 2.72. The summed E-state index contributed by atoms with van der Waals surface area (Å²) in [7, 11) is 0. The molecule has 0 aliphatic heterocycles. The summed E-state index contributed by atoms with van der Waals surface area (Å²) in [6.45, 7) is 3.39. The smallest absolute Gasteiger partial charge is 0.333 e. The zero-order valence-corrected chi connectivity index (χ0v) is 9.13. The van der Waals surface area contributed by atoms with Gasteiger partial charge < -0.3 is 10.2 Å². The van der Waals surface area contributed by atoms with Crippen molar-refractivity contribution in [3.05, 3.63) is 60.2 Å². The molecule has 0 aromatic heterocycles. The first-order chi connectivity index (χ1) is 8.11. The molecule has 1 unspecified atom stereocenters. The number of carbonyl (C=O) groups is 1. The van der Waals surface area contributed by atoms with Crippen molar-refractivity contribution in [1.29, 1.82) is 0 Å². The van der Waals surface area contributed by atoms with E-state index in [4.69, 9.17) is 5.11 Å². The van der Waals surface area contributed by atoms with Gasteiger partial charge in [-0.2, -0.15) is 0 Å². The maximum Gasteiger partial charge on any atom is 0.333 e. The van der Waals surface area contributed by atoms with Crippen LogP contribution < -0.4 is 0 Å². The van der Waals surface area contributed by atoms with E-state index in [1.54, 1.807) is 12.1 Å². The van der Waals surface area contributed by atoms with Crippen LogP contribution in [0.5, 0.6) is 0 Å². The van der Waals surface area contributed by atoms with Crippen molar-refractivity contribution >= 4 is 16.7 Å². The molecule has 0 spiro atoms. The van der Waals surface area contributed by atoms with Gasteiger partial charge >= 0.3 is 5.97 Å². The lowest BCUT2D eigenvalue weighted by Crippen LogP contribution is -2.09. The summed E-state index contributed by atoms with van der Waals surface area (Å²) in [5.74, 6) is -1.19. The molecule has 0 fully saturated rings. The second-order valence-electron chi connectivity index (χ2n) is 3.80. The van der Waals surface area contributed by atoms with E-state index in [2.05, 4.69) is 6.58 Å². The van der Waals surface area contributed by atoms with Gasteiger partial charge in [-0.25, -0.2) is 4.79 Å². The van der Waals surface area contributed by atoms with Crippen LogP contribution in [-0.4, -0.2) is 16.2 Å². The fraction of sp³-hybridized carbons (Fsp3) is 0.0714. The number of rotatable bonds is 3. The Balaban J connectivity index is 2.56. The Morgan fingerprint density at radius 3 is 2.47 bits per heavy atom. The van der Waals surface area contributed by atoms with E-state index in [1.807, 2.05) is 30.3 Å². The van der Waals surface area contributed by atoms with Crippen LogP contribution in [0.3, 0.4) is 0 Å². The Bertz CT molecular complexity index is 582. The summed E-state index contributed by atoms with van der Waals surface area (Å²) in [4.78, 5) is 10.8. The van der Waals surface area contributed by atoms with Crippen LogP contribution in [0.2, 0.25) is 0 Å². The molecule has 0 amide bonds. The summed E-state index contributed by atoms with van der Waals surface area (Å²) in [5.41, 5.74) is 0.344. The van der Waals surface area contributed by atoms with E-state index in [0.29, 0.717) is 5.56 Å². The summed E-state index contributed by atoms with van der Waals surface area (Å²) < 4.78 is 0. The Morgan fingerprint density at radius 2 is 1.76 bits per heavy atom. The number of carboxylic acids is 1. The summed E-state index contributed by atoms with van der Waals surface area (Å²) in [5, 5.41) is 20.6. The number of hydrogen-bond acceptors (Lipinski definition) is 2. The monoisotopic (exact) mass is 228 g/mol. The highest BCUT2D eigenvalue weighted by atomic mass is 16.4. The van der Waals surface area contributed by atoms with Crippen LogP contribution in [0.25, 0.3) is 10.8 Å². The molecule has 0 saturated carbocycles. The fourth-order valence-corrected chi connectivity index (χ4v) is 1.79. The predicted octanol–water partition coefficient (Wildman–Crippen LogP) is 2.51. The van der Waals surface area contributed by atoms with Crippen molar-refractivity contribution in [2.24, 2.45) is 0 Å². The van der Waals surface area contributed by atoms with Crippen LogP contribution in [0.1, 0.15) is 11.7 Å². The molecule has 0 aliphatic carbocycles. The van der Waals surface area contributed by atoms with E-state index < -0.39 is 12.1 Å². The minimum Gasteiger partial charge on any atom is -0.478 e. The molecule has 2 N–H and O–H groups in total. The molecule has 3 heteroatoms. The highest BCUT2D eigenvalue weighted by Crippen LogP contribution is 2.28. The first-order valence-electron chi connectivity index (χ1n) is 5.19. The van der Waals surface area contributed by atoms with Gasteiger partial charge in [-0.3, -0.25) is 0 Å². The molecule has 2 aromatic rings. The van der Waals surface area contributed by atoms with E-state index in [0.717, 1.165) is 10.8 Å². The Kier molecular flexibility index (Phi) is 2.93. The minimum absolute atomic E-state index is 0.221. The highest BCUT2D eigenvalue weighted by Gasteiger charge is 2.19. The molecule has 86 valence electrons. The van der Waals surface area contributed by atoms with Gasteiger partial charge in [0.2, 0.25) is 0 Å². The summed E-state index contributed by atoms with van der Waals surface area (Å²) in [6, 6.07) is 12.9. The van der Waals surface area contributed by atoms with Gasteiger partial charge in [0.25, 0.3) is 0 Å². The van der Waals surface area contributed by atoms with Crippen LogP contribution >= 0.6 is 0 Å². The van der Waals surface area contributed by atoms with Gasteiger partial charge in [0.05, 0.1) is 5.57 Å².